The number of aryl methyl sites for hydroxylation is 2. The van der Waals surface area contributed by atoms with Gasteiger partial charge in [-0.1, -0.05) is 24.3 Å². The van der Waals surface area contributed by atoms with Gasteiger partial charge in [-0.25, -0.2) is 0 Å². The van der Waals surface area contributed by atoms with Crippen molar-refractivity contribution in [2.24, 2.45) is 0 Å². The molecule has 0 saturated heterocycles. The zero-order valence-corrected chi connectivity index (χ0v) is 17.5. The van der Waals surface area contributed by atoms with Gasteiger partial charge in [0.05, 0.1) is 6.54 Å². The number of hydrogen-bond donors (Lipinski definition) is 2. The SMILES string of the molecule is CSCC[C@@H](NC(=O)c1ccccc1)C(=O)NCCOc1ccc(C)c(C)c1. The third-order valence-electron chi connectivity index (χ3n) is 4.42. The number of amides is 2. The zero-order valence-electron chi connectivity index (χ0n) is 16.7. The zero-order chi connectivity index (χ0) is 20.4. The molecule has 2 amide bonds. The van der Waals surface area contributed by atoms with Crippen LogP contribution < -0.4 is 15.4 Å². The van der Waals surface area contributed by atoms with Crippen LogP contribution >= 0.6 is 11.8 Å². The number of rotatable bonds is 10. The van der Waals surface area contributed by atoms with E-state index in [-0.39, 0.29) is 11.8 Å². The maximum atomic E-state index is 12.5. The molecule has 0 fully saturated rings. The predicted molar refractivity (Wildman–Crippen MR) is 115 cm³/mol. The Balaban J connectivity index is 1.84. The number of thioether (sulfide) groups is 1. The van der Waals surface area contributed by atoms with Gasteiger partial charge in [0, 0.05) is 5.56 Å². The van der Waals surface area contributed by atoms with Gasteiger partial charge in [0.2, 0.25) is 5.91 Å². The van der Waals surface area contributed by atoms with Crippen molar-refractivity contribution in [3.63, 3.8) is 0 Å². The van der Waals surface area contributed by atoms with Crippen molar-refractivity contribution in [3.8, 4) is 5.75 Å². The Kier molecular flexibility index (Phi) is 8.88. The summed E-state index contributed by atoms with van der Waals surface area (Å²) in [6, 6.07) is 14.3. The smallest absolute Gasteiger partial charge is 0.251 e. The molecule has 28 heavy (non-hydrogen) atoms. The van der Waals surface area contributed by atoms with E-state index >= 15 is 0 Å². The van der Waals surface area contributed by atoms with E-state index in [0.29, 0.717) is 25.1 Å². The highest BCUT2D eigenvalue weighted by atomic mass is 32.2. The van der Waals surface area contributed by atoms with Crippen LogP contribution in [0.15, 0.2) is 48.5 Å². The molecule has 2 aromatic rings. The Hall–Kier alpha value is -2.47. The number of benzene rings is 2. The van der Waals surface area contributed by atoms with Gasteiger partial charge in [-0.15, -0.1) is 0 Å². The number of carbonyl (C=O) groups is 2. The summed E-state index contributed by atoms with van der Waals surface area (Å²) in [6.45, 7) is 4.84. The average Bonchev–Trinajstić information content (AvgIpc) is 2.71. The van der Waals surface area contributed by atoms with Crippen molar-refractivity contribution >= 4 is 23.6 Å². The molecule has 5 nitrogen and oxygen atoms in total. The predicted octanol–water partition coefficient (Wildman–Crippen LogP) is 3.35. The first-order chi connectivity index (χ1) is 13.5. The molecule has 2 N–H and O–H groups in total. The molecular weight excluding hydrogens is 372 g/mol. The summed E-state index contributed by atoms with van der Waals surface area (Å²) >= 11 is 1.64. The molecule has 0 aliphatic heterocycles. The molecule has 0 heterocycles. The monoisotopic (exact) mass is 400 g/mol. The summed E-state index contributed by atoms with van der Waals surface area (Å²) < 4.78 is 5.70. The number of carbonyl (C=O) groups excluding carboxylic acids is 2. The van der Waals surface area contributed by atoms with E-state index < -0.39 is 6.04 Å². The second-order valence-electron chi connectivity index (χ2n) is 6.56. The van der Waals surface area contributed by atoms with Crippen LogP contribution in [0.25, 0.3) is 0 Å². The number of hydrogen-bond acceptors (Lipinski definition) is 4. The maximum Gasteiger partial charge on any atom is 0.251 e. The van der Waals surface area contributed by atoms with Crippen molar-refractivity contribution in [1.82, 2.24) is 10.6 Å². The minimum Gasteiger partial charge on any atom is -0.492 e. The molecule has 6 heteroatoms. The van der Waals surface area contributed by atoms with Gasteiger partial charge in [0.1, 0.15) is 18.4 Å². The lowest BCUT2D eigenvalue weighted by Gasteiger charge is -2.18. The molecule has 2 rings (SSSR count). The normalized spacial score (nSPS) is 11.5. The van der Waals surface area contributed by atoms with Gasteiger partial charge in [0.15, 0.2) is 0 Å². The fourth-order valence-electron chi connectivity index (χ4n) is 2.61. The fourth-order valence-corrected chi connectivity index (χ4v) is 3.08. The van der Waals surface area contributed by atoms with E-state index in [9.17, 15) is 9.59 Å². The highest BCUT2D eigenvalue weighted by molar-refractivity contribution is 7.98. The third-order valence-corrected chi connectivity index (χ3v) is 5.06. The first-order valence-electron chi connectivity index (χ1n) is 9.34. The van der Waals surface area contributed by atoms with Gasteiger partial charge < -0.3 is 15.4 Å². The summed E-state index contributed by atoms with van der Waals surface area (Å²) in [5.41, 5.74) is 2.93. The summed E-state index contributed by atoms with van der Waals surface area (Å²) in [4.78, 5) is 24.9. The Bertz CT molecular complexity index is 781. The molecule has 150 valence electrons. The van der Waals surface area contributed by atoms with Gasteiger partial charge in [0.25, 0.3) is 5.91 Å². The topological polar surface area (TPSA) is 67.4 Å². The van der Waals surface area contributed by atoms with Gasteiger partial charge in [-0.05, 0) is 67.7 Å². The molecule has 0 aliphatic carbocycles. The van der Waals surface area contributed by atoms with E-state index in [1.165, 1.54) is 11.1 Å². The molecule has 2 aromatic carbocycles. The summed E-state index contributed by atoms with van der Waals surface area (Å²) in [5, 5.41) is 5.69. The van der Waals surface area contributed by atoms with E-state index in [1.54, 1.807) is 36.0 Å². The molecular formula is C22H28N2O3S. The van der Waals surface area contributed by atoms with Crippen LogP contribution in [-0.4, -0.2) is 43.0 Å². The van der Waals surface area contributed by atoms with Crippen molar-refractivity contribution in [2.45, 2.75) is 26.3 Å². The van der Waals surface area contributed by atoms with Crippen LogP contribution in [0.2, 0.25) is 0 Å². The molecule has 0 unspecified atom stereocenters. The molecule has 0 aliphatic rings. The van der Waals surface area contributed by atoms with Crippen LogP contribution in [0, 0.1) is 13.8 Å². The highest BCUT2D eigenvalue weighted by Gasteiger charge is 2.20. The summed E-state index contributed by atoms with van der Waals surface area (Å²) in [7, 11) is 0. The number of nitrogens with one attached hydrogen (secondary N) is 2. The lowest BCUT2D eigenvalue weighted by atomic mass is 10.1. The average molecular weight is 401 g/mol. The van der Waals surface area contributed by atoms with Crippen molar-refractivity contribution < 1.29 is 14.3 Å². The first-order valence-corrected chi connectivity index (χ1v) is 10.7. The van der Waals surface area contributed by atoms with E-state index in [0.717, 1.165) is 11.5 Å². The molecule has 0 bridgehead atoms. The summed E-state index contributed by atoms with van der Waals surface area (Å²) in [5.74, 6) is 1.13. The van der Waals surface area contributed by atoms with E-state index in [2.05, 4.69) is 17.6 Å². The van der Waals surface area contributed by atoms with Crippen molar-refractivity contribution in [1.29, 1.82) is 0 Å². The van der Waals surface area contributed by atoms with Crippen molar-refractivity contribution in [3.05, 3.63) is 65.2 Å². The second-order valence-corrected chi connectivity index (χ2v) is 7.54. The van der Waals surface area contributed by atoms with Gasteiger partial charge in [-0.2, -0.15) is 11.8 Å². The van der Waals surface area contributed by atoms with Crippen LogP contribution in [-0.2, 0) is 4.79 Å². The second kappa shape index (κ2) is 11.4. The van der Waals surface area contributed by atoms with Crippen LogP contribution in [0.3, 0.4) is 0 Å². The molecule has 0 radical (unpaired) electrons. The minimum atomic E-state index is -0.568. The third kappa shape index (κ3) is 6.93. The fraction of sp³-hybridized carbons (Fsp3) is 0.364. The largest absolute Gasteiger partial charge is 0.492 e. The van der Waals surface area contributed by atoms with Crippen LogP contribution in [0.1, 0.15) is 27.9 Å². The molecule has 0 spiro atoms. The summed E-state index contributed by atoms with van der Waals surface area (Å²) in [6.07, 6.45) is 2.55. The van der Waals surface area contributed by atoms with Crippen molar-refractivity contribution in [2.75, 3.05) is 25.2 Å². The van der Waals surface area contributed by atoms with Gasteiger partial charge in [-0.3, -0.25) is 9.59 Å². The lowest BCUT2D eigenvalue weighted by molar-refractivity contribution is -0.123. The highest BCUT2D eigenvalue weighted by Crippen LogP contribution is 2.16. The standard InChI is InChI=1S/C22H28N2O3S/c1-16-9-10-19(15-17(16)2)27-13-12-23-22(26)20(11-14-28-3)24-21(25)18-7-5-4-6-8-18/h4-10,15,20H,11-14H2,1-3H3,(H,23,26)(H,24,25)/t20-/m1/s1. The molecule has 1 atom stereocenters. The Morgan fingerprint density at radius 3 is 2.50 bits per heavy atom. The Morgan fingerprint density at radius 2 is 1.82 bits per heavy atom. The van der Waals surface area contributed by atoms with Gasteiger partial charge >= 0.3 is 0 Å². The first kappa shape index (κ1) is 21.8. The molecule has 0 saturated carbocycles. The maximum absolute atomic E-state index is 12.5. The molecule has 0 aromatic heterocycles. The van der Waals surface area contributed by atoms with E-state index in [1.807, 2.05) is 37.4 Å². The van der Waals surface area contributed by atoms with Crippen LogP contribution in [0.5, 0.6) is 5.75 Å². The van der Waals surface area contributed by atoms with Crippen LogP contribution in [0.4, 0.5) is 0 Å². The minimum absolute atomic E-state index is 0.193. The quantitative estimate of drug-likeness (QED) is 0.600. The Labute approximate surface area is 171 Å². The Morgan fingerprint density at radius 1 is 1.07 bits per heavy atom. The number of ether oxygens (including phenoxy) is 1. The lowest BCUT2D eigenvalue weighted by Crippen LogP contribution is -2.47. The van der Waals surface area contributed by atoms with E-state index in [4.69, 9.17) is 4.74 Å².